The third-order valence-electron chi connectivity index (χ3n) is 18.1. The Morgan fingerprint density at radius 2 is 0.270 bits per heavy atom. The van der Waals surface area contributed by atoms with E-state index in [9.17, 15) is 52.7 Å². The van der Waals surface area contributed by atoms with Crippen molar-refractivity contribution < 1.29 is 81.1 Å². The quantitative estimate of drug-likeness (QED) is 0.0288. The number of hydrogen-bond acceptors (Lipinski definition) is 6. The van der Waals surface area contributed by atoms with Crippen molar-refractivity contribution >= 4 is 0 Å². The fraction of sp³-hybridized carbons (Fsp3) is 0.226. The standard InChI is InChI=1S/C33H32F4O2.C31H28F4O2.C29H24F4O2/c34-26-12-8-24(9-13-26)30-18-16-28(22-32(30)36)38-20-6-4-2-1-3-5-7-21-39-29-17-19-31(33(37)23-29)25-10-14-27(35)15-11-25;32-24-10-6-22(7-11-24)28-16-14-26(20-30(28)34)36-18-4-2-1-3-5-19-37-27-15-17-29(31(35)21-27)23-8-12-25(33)13-9-23;30-22-8-4-20(5-9-22)26-14-12-24(18-28(26)32)34-16-2-1-3-17-35-25-13-15-27(29(33)19-25)21-6-10-23(31)11-7-21/h8-19,22-23H,1-7,20-21H2;6-17,20-21H,1-5,18-19H2;4-15,18-19H,1-3,16-17H2. The van der Waals surface area contributed by atoms with Gasteiger partial charge in [0, 0.05) is 69.8 Å². The van der Waals surface area contributed by atoms with Gasteiger partial charge in [0.15, 0.2) is 0 Å². The molecule has 0 radical (unpaired) electrons. The lowest BCUT2D eigenvalue weighted by Crippen LogP contribution is -2.01. The summed E-state index contributed by atoms with van der Waals surface area (Å²) < 4.78 is 199. The molecule has 111 heavy (non-hydrogen) atoms. The highest BCUT2D eigenvalue weighted by molar-refractivity contribution is 5.69. The summed E-state index contributed by atoms with van der Waals surface area (Å²) in [4.78, 5) is 0. The van der Waals surface area contributed by atoms with Gasteiger partial charge in [0.25, 0.3) is 0 Å². The van der Waals surface area contributed by atoms with Gasteiger partial charge in [-0.3, -0.25) is 0 Å². The number of ether oxygens (including phenoxy) is 6. The monoisotopic (exact) mass is 1520 g/mol. The second kappa shape index (κ2) is 43.1. The average Bonchev–Trinajstić information content (AvgIpc) is 0.868. The van der Waals surface area contributed by atoms with Crippen LogP contribution < -0.4 is 28.4 Å². The first-order chi connectivity index (χ1) is 54.0. The van der Waals surface area contributed by atoms with Crippen LogP contribution in [0.25, 0.3) is 66.8 Å². The van der Waals surface area contributed by atoms with Gasteiger partial charge in [-0.15, -0.1) is 0 Å². The van der Waals surface area contributed by atoms with Crippen molar-refractivity contribution in [3.63, 3.8) is 0 Å². The molecule has 0 bridgehead atoms. The fourth-order valence-corrected chi connectivity index (χ4v) is 12.0. The zero-order valence-electron chi connectivity index (χ0n) is 61.1. The Morgan fingerprint density at radius 1 is 0.144 bits per heavy atom. The van der Waals surface area contributed by atoms with E-state index in [0.29, 0.717) is 141 Å². The van der Waals surface area contributed by atoms with Crippen LogP contribution in [0.1, 0.15) is 96.3 Å². The van der Waals surface area contributed by atoms with Crippen LogP contribution in [0, 0.1) is 69.8 Å². The molecule has 12 aromatic carbocycles. The zero-order valence-corrected chi connectivity index (χ0v) is 61.1. The minimum atomic E-state index is -0.430. The molecule has 0 heterocycles. The Bertz CT molecular complexity index is 4530. The first-order valence-corrected chi connectivity index (χ1v) is 37.1. The summed E-state index contributed by atoms with van der Waals surface area (Å²) in [6.45, 7) is 2.89. The van der Waals surface area contributed by atoms with Crippen LogP contribution in [0.3, 0.4) is 0 Å². The lowest BCUT2D eigenvalue weighted by Gasteiger charge is -2.10. The second-order valence-corrected chi connectivity index (χ2v) is 26.3. The first-order valence-electron chi connectivity index (χ1n) is 37.1. The molecule has 0 spiro atoms. The van der Waals surface area contributed by atoms with E-state index < -0.39 is 34.9 Å². The van der Waals surface area contributed by atoms with Crippen molar-refractivity contribution in [3.8, 4) is 101 Å². The normalized spacial score (nSPS) is 10.9. The summed E-state index contributed by atoms with van der Waals surface area (Å²) >= 11 is 0. The Morgan fingerprint density at radius 3 is 0.405 bits per heavy atom. The van der Waals surface area contributed by atoms with E-state index in [1.807, 2.05) is 0 Å². The molecule has 0 amide bonds. The number of benzene rings is 12. The lowest BCUT2D eigenvalue weighted by molar-refractivity contribution is 0.278. The number of halogens is 12. The molecule has 0 unspecified atom stereocenters. The second-order valence-electron chi connectivity index (χ2n) is 26.3. The van der Waals surface area contributed by atoms with Gasteiger partial charge in [-0.25, -0.2) is 52.7 Å². The van der Waals surface area contributed by atoms with Gasteiger partial charge in [-0.05, 0) is 224 Å². The number of rotatable bonds is 36. The molecule has 0 atom stereocenters. The van der Waals surface area contributed by atoms with E-state index in [-0.39, 0.29) is 34.9 Å². The molecule has 0 N–H and O–H groups in total. The maximum atomic E-state index is 14.4. The molecular weight excluding hydrogens is 1440 g/mol. The molecule has 12 rings (SSSR count). The van der Waals surface area contributed by atoms with Crippen LogP contribution in [-0.2, 0) is 0 Å². The van der Waals surface area contributed by atoms with Crippen LogP contribution in [0.4, 0.5) is 52.7 Å². The van der Waals surface area contributed by atoms with Gasteiger partial charge in [-0.2, -0.15) is 0 Å². The summed E-state index contributed by atoms with van der Waals surface area (Å²) in [7, 11) is 0. The Kier molecular flexibility index (Phi) is 31.9. The lowest BCUT2D eigenvalue weighted by atomic mass is 10.1. The highest BCUT2D eigenvalue weighted by Gasteiger charge is 2.15. The van der Waals surface area contributed by atoms with E-state index in [0.717, 1.165) is 96.3 Å². The molecule has 576 valence electrons. The molecule has 0 aliphatic rings. The Labute approximate surface area is 639 Å². The largest absolute Gasteiger partial charge is 0.493 e. The first kappa shape index (κ1) is 82.1. The van der Waals surface area contributed by atoms with Gasteiger partial charge < -0.3 is 28.4 Å². The zero-order chi connectivity index (χ0) is 78.1. The minimum absolute atomic E-state index is 0.353. The predicted molar refractivity (Wildman–Crippen MR) is 413 cm³/mol. The van der Waals surface area contributed by atoms with Crippen molar-refractivity contribution in [3.05, 3.63) is 325 Å². The highest BCUT2D eigenvalue weighted by Crippen LogP contribution is 2.34. The molecular formula is C93H84F12O6. The summed E-state index contributed by atoms with van der Waals surface area (Å²) in [6.07, 6.45) is 14.1. The third kappa shape index (κ3) is 26.4. The van der Waals surface area contributed by atoms with Gasteiger partial charge in [0.1, 0.15) is 104 Å². The molecule has 18 heteroatoms. The summed E-state index contributed by atoms with van der Waals surface area (Å²) in [5.41, 5.74) is 6.08. The molecule has 0 aliphatic heterocycles. The van der Waals surface area contributed by atoms with E-state index >= 15 is 0 Å². The fourth-order valence-electron chi connectivity index (χ4n) is 12.0. The van der Waals surface area contributed by atoms with Crippen molar-refractivity contribution in [2.75, 3.05) is 39.6 Å². The van der Waals surface area contributed by atoms with Gasteiger partial charge in [-0.1, -0.05) is 124 Å². The smallest absolute Gasteiger partial charge is 0.134 e. The van der Waals surface area contributed by atoms with Gasteiger partial charge >= 0.3 is 0 Å². The number of unbranched alkanes of at least 4 members (excludes halogenated alkanes) is 12. The van der Waals surface area contributed by atoms with E-state index in [1.54, 1.807) is 121 Å². The summed E-state index contributed by atoms with van der Waals surface area (Å²) in [6, 6.07) is 62.4. The molecule has 0 aliphatic carbocycles. The van der Waals surface area contributed by atoms with Crippen LogP contribution in [-0.4, -0.2) is 39.6 Å². The topological polar surface area (TPSA) is 55.4 Å². The molecule has 0 saturated carbocycles. The molecule has 0 aromatic heterocycles. The van der Waals surface area contributed by atoms with Gasteiger partial charge in [0.05, 0.1) is 39.6 Å². The van der Waals surface area contributed by atoms with Crippen LogP contribution >= 0.6 is 0 Å². The van der Waals surface area contributed by atoms with Crippen molar-refractivity contribution in [1.82, 2.24) is 0 Å². The van der Waals surface area contributed by atoms with Crippen molar-refractivity contribution in [2.24, 2.45) is 0 Å². The highest BCUT2D eigenvalue weighted by atomic mass is 19.2. The van der Waals surface area contributed by atoms with Crippen LogP contribution in [0.15, 0.2) is 255 Å². The number of hydrogen-bond donors (Lipinski definition) is 0. The van der Waals surface area contributed by atoms with Crippen molar-refractivity contribution in [2.45, 2.75) is 96.3 Å². The molecule has 6 nitrogen and oxygen atoms in total. The minimum Gasteiger partial charge on any atom is -0.493 e. The molecule has 12 aromatic rings. The van der Waals surface area contributed by atoms with Crippen molar-refractivity contribution in [1.29, 1.82) is 0 Å². The van der Waals surface area contributed by atoms with Crippen LogP contribution in [0.2, 0.25) is 0 Å². The summed E-state index contributed by atoms with van der Waals surface area (Å²) in [5.74, 6) is -1.85. The summed E-state index contributed by atoms with van der Waals surface area (Å²) in [5, 5.41) is 0. The molecule has 0 saturated heterocycles. The van der Waals surface area contributed by atoms with Crippen LogP contribution in [0.5, 0.6) is 34.5 Å². The van der Waals surface area contributed by atoms with Gasteiger partial charge in [0.2, 0.25) is 0 Å². The Balaban J connectivity index is 0.000000177. The van der Waals surface area contributed by atoms with E-state index in [1.165, 1.54) is 133 Å². The molecule has 0 fully saturated rings. The van der Waals surface area contributed by atoms with E-state index in [2.05, 4.69) is 0 Å². The predicted octanol–water partition coefficient (Wildman–Crippen LogP) is 27.0. The third-order valence-corrected chi connectivity index (χ3v) is 18.1. The maximum absolute atomic E-state index is 14.4. The maximum Gasteiger partial charge on any atom is 0.134 e. The van der Waals surface area contributed by atoms with E-state index in [4.69, 9.17) is 28.4 Å². The SMILES string of the molecule is Fc1ccc(-c2ccc(OCCCCCCCCCOc3ccc(-c4ccc(F)cc4)c(F)c3)cc2F)cc1.Fc1ccc(-c2ccc(OCCCCCCCOc3ccc(-c4ccc(F)cc4)c(F)c3)cc2F)cc1.Fc1ccc(-c2ccc(OCCCCCOc3ccc(-c4ccc(F)cc4)c(F)c3)cc2F)cc1. The Hall–Kier alpha value is -11.4. The average molecular weight is 1530 g/mol.